The van der Waals surface area contributed by atoms with Gasteiger partial charge in [-0.05, 0) is 75.1 Å². The lowest BCUT2D eigenvalue weighted by Crippen LogP contribution is -2.40. The molecule has 1 aromatic heterocycles. The molecule has 3 heterocycles. The van der Waals surface area contributed by atoms with Crippen molar-refractivity contribution in [1.29, 1.82) is 0 Å². The molecule has 2 aromatic rings. The van der Waals surface area contributed by atoms with Gasteiger partial charge in [-0.2, -0.15) is 5.10 Å². The molecule has 0 radical (unpaired) electrons. The van der Waals surface area contributed by atoms with E-state index in [1.54, 1.807) is 0 Å². The van der Waals surface area contributed by atoms with E-state index in [0.29, 0.717) is 17.5 Å². The van der Waals surface area contributed by atoms with E-state index in [0.717, 1.165) is 31.8 Å². The summed E-state index contributed by atoms with van der Waals surface area (Å²) in [5.74, 6) is 0. The standard InChI is InChI=1S/C25H33N3O/c1-17(2)28-18(3)5-8-23-22(11-12-25(4)15-29-16-25)21(9-10-24(23)28)19-13-26-27(14-19)20-6-7-20/h9-10,13-14,18,20H,1,5-8,11-12,15-16H2,2-4H3/t18-/m0/s1. The predicted octanol–water partition coefficient (Wildman–Crippen LogP) is 5.53. The zero-order valence-corrected chi connectivity index (χ0v) is 18.1. The van der Waals surface area contributed by atoms with Gasteiger partial charge in [-0.1, -0.05) is 19.6 Å². The van der Waals surface area contributed by atoms with E-state index in [-0.39, 0.29) is 0 Å². The highest BCUT2D eigenvalue weighted by Gasteiger charge is 2.34. The molecule has 5 rings (SSSR count). The van der Waals surface area contributed by atoms with Crippen molar-refractivity contribution in [2.75, 3.05) is 18.1 Å². The van der Waals surface area contributed by atoms with Crippen LogP contribution in [0.3, 0.4) is 0 Å². The van der Waals surface area contributed by atoms with Gasteiger partial charge >= 0.3 is 0 Å². The number of ether oxygens (including phenoxy) is 1. The summed E-state index contributed by atoms with van der Waals surface area (Å²) in [4.78, 5) is 2.44. The smallest absolute Gasteiger partial charge is 0.0568 e. The van der Waals surface area contributed by atoms with Crippen LogP contribution in [0, 0.1) is 5.41 Å². The van der Waals surface area contributed by atoms with Gasteiger partial charge in [0, 0.05) is 34.6 Å². The van der Waals surface area contributed by atoms with E-state index in [4.69, 9.17) is 4.74 Å². The third-order valence-electron chi connectivity index (χ3n) is 7.04. The van der Waals surface area contributed by atoms with E-state index in [1.165, 1.54) is 53.6 Å². The molecular formula is C25H33N3O. The van der Waals surface area contributed by atoms with Crippen molar-refractivity contribution in [2.24, 2.45) is 5.41 Å². The van der Waals surface area contributed by atoms with Gasteiger partial charge in [0.2, 0.25) is 0 Å². The molecule has 1 atom stereocenters. The Labute approximate surface area is 174 Å². The molecule has 1 saturated carbocycles. The third-order valence-corrected chi connectivity index (χ3v) is 7.04. The first-order valence-electron chi connectivity index (χ1n) is 11.2. The van der Waals surface area contributed by atoms with Crippen LogP contribution in [0.4, 0.5) is 5.69 Å². The fourth-order valence-electron chi connectivity index (χ4n) is 5.08. The Morgan fingerprint density at radius 3 is 2.72 bits per heavy atom. The number of allylic oxidation sites excluding steroid dienone is 1. The number of nitrogens with zero attached hydrogens (tertiary/aromatic N) is 3. The highest BCUT2D eigenvalue weighted by molar-refractivity contribution is 5.75. The van der Waals surface area contributed by atoms with E-state index in [9.17, 15) is 0 Å². The van der Waals surface area contributed by atoms with Gasteiger partial charge in [-0.25, -0.2) is 0 Å². The van der Waals surface area contributed by atoms with Crippen LogP contribution in [0.15, 0.2) is 36.8 Å². The lowest BCUT2D eigenvalue weighted by molar-refractivity contribution is -0.105. The van der Waals surface area contributed by atoms with E-state index < -0.39 is 0 Å². The molecule has 1 aliphatic carbocycles. The van der Waals surface area contributed by atoms with Gasteiger partial charge in [-0.3, -0.25) is 4.68 Å². The summed E-state index contributed by atoms with van der Waals surface area (Å²) in [5.41, 5.74) is 8.50. The lowest BCUT2D eigenvalue weighted by Gasteiger charge is -2.40. The fraction of sp³-hybridized carbons (Fsp3) is 0.560. The number of fused-ring (bicyclic) bond motifs is 1. The van der Waals surface area contributed by atoms with Crippen LogP contribution in [-0.2, 0) is 17.6 Å². The quantitative estimate of drug-likeness (QED) is 0.649. The van der Waals surface area contributed by atoms with Gasteiger partial charge in [0.05, 0.1) is 25.5 Å². The Bertz CT molecular complexity index is 936. The van der Waals surface area contributed by atoms with E-state index >= 15 is 0 Å². The molecule has 4 heteroatoms. The second-order valence-corrected chi connectivity index (χ2v) is 9.83. The first-order chi connectivity index (χ1) is 14.0. The average Bonchev–Trinajstić information content (AvgIpc) is 3.41. The average molecular weight is 392 g/mol. The zero-order chi connectivity index (χ0) is 20.2. The van der Waals surface area contributed by atoms with Crippen LogP contribution in [0.25, 0.3) is 11.1 Å². The molecule has 1 saturated heterocycles. The molecule has 0 unspecified atom stereocenters. The number of anilines is 1. The molecule has 0 bridgehead atoms. The van der Waals surface area contributed by atoms with Crippen molar-refractivity contribution in [1.82, 2.24) is 9.78 Å². The Morgan fingerprint density at radius 2 is 2.07 bits per heavy atom. The Balaban J connectivity index is 1.57. The van der Waals surface area contributed by atoms with Crippen molar-refractivity contribution >= 4 is 5.69 Å². The van der Waals surface area contributed by atoms with Crippen molar-refractivity contribution in [3.63, 3.8) is 0 Å². The maximum absolute atomic E-state index is 5.52. The molecule has 4 nitrogen and oxygen atoms in total. The summed E-state index contributed by atoms with van der Waals surface area (Å²) in [5, 5.41) is 4.67. The van der Waals surface area contributed by atoms with Gasteiger partial charge in [0.1, 0.15) is 0 Å². The zero-order valence-electron chi connectivity index (χ0n) is 18.1. The summed E-state index contributed by atoms with van der Waals surface area (Å²) in [7, 11) is 0. The molecule has 2 aliphatic heterocycles. The molecule has 0 amide bonds. The van der Waals surface area contributed by atoms with E-state index in [1.807, 2.05) is 0 Å². The Kier molecular flexibility index (Phi) is 4.58. The van der Waals surface area contributed by atoms with Crippen LogP contribution < -0.4 is 4.90 Å². The molecule has 0 N–H and O–H groups in total. The van der Waals surface area contributed by atoms with Crippen LogP contribution in [-0.4, -0.2) is 29.0 Å². The summed E-state index contributed by atoms with van der Waals surface area (Å²) in [6, 6.07) is 5.78. The van der Waals surface area contributed by atoms with Gasteiger partial charge < -0.3 is 9.64 Å². The number of aromatic nitrogens is 2. The molecule has 3 aliphatic rings. The topological polar surface area (TPSA) is 30.3 Å². The number of hydrogen-bond donors (Lipinski definition) is 0. The number of hydrogen-bond acceptors (Lipinski definition) is 3. The van der Waals surface area contributed by atoms with Crippen LogP contribution in [0.2, 0.25) is 0 Å². The highest BCUT2D eigenvalue weighted by atomic mass is 16.5. The minimum Gasteiger partial charge on any atom is -0.380 e. The summed E-state index contributed by atoms with van der Waals surface area (Å²) in [6.45, 7) is 12.9. The molecule has 154 valence electrons. The molecule has 1 aromatic carbocycles. The number of rotatable bonds is 6. The maximum Gasteiger partial charge on any atom is 0.0568 e. The largest absolute Gasteiger partial charge is 0.380 e. The van der Waals surface area contributed by atoms with Crippen molar-refractivity contribution in [3.8, 4) is 11.1 Å². The summed E-state index contributed by atoms with van der Waals surface area (Å²) >= 11 is 0. The van der Waals surface area contributed by atoms with Gasteiger partial charge in [0.15, 0.2) is 0 Å². The normalized spacial score (nSPS) is 22.9. The van der Waals surface area contributed by atoms with Crippen LogP contribution >= 0.6 is 0 Å². The first kappa shape index (κ1) is 18.9. The predicted molar refractivity (Wildman–Crippen MR) is 118 cm³/mol. The third kappa shape index (κ3) is 3.42. The molecular weight excluding hydrogens is 358 g/mol. The van der Waals surface area contributed by atoms with Crippen LogP contribution in [0.1, 0.15) is 63.6 Å². The highest BCUT2D eigenvalue weighted by Crippen LogP contribution is 2.42. The van der Waals surface area contributed by atoms with Gasteiger partial charge in [0.25, 0.3) is 0 Å². The Hall–Kier alpha value is -2.07. The molecule has 0 spiro atoms. The maximum atomic E-state index is 5.52. The lowest BCUT2D eigenvalue weighted by atomic mass is 9.79. The molecule has 29 heavy (non-hydrogen) atoms. The summed E-state index contributed by atoms with van der Waals surface area (Å²) in [6.07, 6.45) is 11.5. The monoisotopic (exact) mass is 391 g/mol. The fourth-order valence-corrected chi connectivity index (χ4v) is 5.08. The SMILES string of the molecule is C=C(C)N1c2ccc(-c3cnn(C4CC4)c3)c(CCC3(C)COC3)c2CC[C@@H]1C. The second kappa shape index (κ2) is 7.02. The van der Waals surface area contributed by atoms with Crippen LogP contribution in [0.5, 0.6) is 0 Å². The first-order valence-corrected chi connectivity index (χ1v) is 11.2. The minimum atomic E-state index is 0.328. The molecule has 2 fully saturated rings. The van der Waals surface area contributed by atoms with Crippen molar-refractivity contribution in [3.05, 3.63) is 47.9 Å². The summed E-state index contributed by atoms with van der Waals surface area (Å²) < 4.78 is 7.69. The van der Waals surface area contributed by atoms with Crippen molar-refractivity contribution < 1.29 is 4.74 Å². The van der Waals surface area contributed by atoms with Gasteiger partial charge in [-0.15, -0.1) is 0 Å². The van der Waals surface area contributed by atoms with E-state index in [2.05, 4.69) is 66.6 Å². The minimum absolute atomic E-state index is 0.328. The van der Waals surface area contributed by atoms with Crippen molar-refractivity contribution in [2.45, 2.75) is 71.4 Å². The second-order valence-electron chi connectivity index (χ2n) is 9.83. The Morgan fingerprint density at radius 1 is 1.28 bits per heavy atom. The number of benzene rings is 1.